The quantitative estimate of drug-likeness (QED) is 0.728. The summed E-state index contributed by atoms with van der Waals surface area (Å²) in [7, 11) is 0. The molecule has 2 rings (SSSR count). The highest BCUT2D eigenvalue weighted by Crippen LogP contribution is 2.57. The van der Waals surface area contributed by atoms with E-state index in [4.69, 9.17) is 4.74 Å². The first-order valence-electron chi connectivity index (χ1n) is 8.58. The number of carbonyl (C=O) groups excluding carboxylic acids is 1. The number of alkyl halides is 2. The smallest absolute Gasteiger partial charge is 0.407 e. The van der Waals surface area contributed by atoms with E-state index in [1.165, 1.54) is 11.9 Å². The van der Waals surface area contributed by atoms with Crippen molar-refractivity contribution in [2.45, 2.75) is 95.1 Å². The molecule has 1 aliphatic heterocycles. The van der Waals surface area contributed by atoms with Gasteiger partial charge < -0.3 is 10.1 Å². The zero-order valence-corrected chi connectivity index (χ0v) is 16.4. The van der Waals surface area contributed by atoms with Crippen LogP contribution in [0, 0.1) is 0 Å². The highest BCUT2D eigenvalue weighted by molar-refractivity contribution is 7.98. The van der Waals surface area contributed by atoms with Crippen molar-refractivity contribution in [3.8, 4) is 0 Å². The molecule has 0 aromatic rings. The maximum absolute atomic E-state index is 14.3. The number of hydrogen-bond donors (Lipinski definition) is 1. The number of nitrogens with zero attached hydrogens (tertiary/aromatic N) is 1. The van der Waals surface area contributed by atoms with E-state index >= 15 is 0 Å². The van der Waals surface area contributed by atoms with Crippen LogP contribution in [-0.4, -0.2) is 44.8 Å². The number of amides is 1. The number of rotatable bonds is 2. The lowest BCUT2D eigenvalue weighted by Crippen LogP contribution is -2.74. The van der Waals surface area contributed by atoms with Crippen LogP contribution in [-0.2, 0) is 4.74 Å². The Morgan fingerprint density at radius 2 is 1.71 bits per heavy atom. The van der Waals surface area contributed by atoms with Crippen molar-refractivity contribution in [2.24, 2.45) is 0 Å². The average Bonchev–Trinajstić information content (AvgIpc) is 2.34. The first-order chi connectivity index (χ1) is 10.7. The second kappa shape index (κ2) is 6.31. The third kappa shape index (κ3) is 4.34. The van der Waals surface area contributed by atoms with Crippen molar-refractivity contribution in [3.05, 3.63) is 0 Å². The summed E-state index contributed by atoms with van der Waals surface area (Å²) in [5, 5.41) is 2.82. The number of nitrogens with one attached hydrogen (secondary N) is 1. The van der Waals surface area contributed by atoms with Crippen LogP contribution in [0.3, 0.4) is 0 Å². The molecule has 1 saturated carbocycles. The van der Waals surface area contributed by atoms with Gasteiger partial charge in [-0.15, -0.1) is 0 Å². The van der Waals surface area contributed by atoms with Gasteiger partial charge in [-0.3, -0.25) is 0 Å². The molecule has 0 atom stereocenters. The van der Waals surface area contributed by atoms with Gasteiger partial charge in [0.05, 0.1) is 12.1 Å². The molecule has 1 N–H and O–H groups in total. The molecule has 0 bridgehead atoms. The fourth-order valence-electron chi connectivity index (χ4n) is 3.35. The Bertz CT molecular complexity index is 478. The summed E-state index contributed by atoms with van der Waals surface area (Å²) in [5.74, 6) is -2.65. The van der Waals surface area contributed by atoms with Crippen LogP contribution in [0.1, 0.15) is 67.2 Å². The van der Waals surface area contributed by atoms with Gasteiger partial charge in [0.2, 0.25) is 0 Å². The molecule has 1 saturated heterocycles. The predicted molar refractivity (Wildman–Crippen MR) is 93.4 cm³/mol. The normalized spacial score (nSPS) is 30.8. The van der Waals surface area contributed by atoms with Crippen LogP contribution in [0.2, 0.25) is 0 Å². The lowest BCUT2D eigenvalue weighted by atomic mass is 9.70. The molecule has 0 aromatic heterocycles. The van der Waals surface area contributed by atoms with Crippen LogP contribution in [0.4, 0.5) is 13.6 Å². The maximum Gasteiger partial charge on any atom is 0.407 e. The van der Waals surface area contributed by atoms with E-state index in [1.807, 2.05) is 25.1 Å². The van der Waals surface area contributed by atoms with Gasteiger partial charge in [0.25, 0.3) is 5.92 Å². The minimum atomic E-state index is -2.65. The number of carbonyl (C=O) groups is 1. The van der Waals surface area contributed by atoms with Crippen LogP contribution in [0.5, 0.6) is 0 Å². The summed E-state index contributed by atoms with van der Waals surface area (Å²) < 4.78 is 35.7. The molecule has 0 aromatic carbocycles. The van der Waals surface area contributed by atoms with E-state index in [-0.39, 0.29) is 17.3 Å². The fourth-order valence-corrected chi connectivity index (χ4v) is 4.73. The van der Waals surface area contributed by atoms with E-state index in [2.05, 4.69) is 5.32 Å². The molecule has 1 heterocycles. The molecule has 0 unspecified atom stereocenters. The third-order valence-corrected chi connectivity index (χ3v) is 5.66. The molecular weight excluding hydrogens is 334 g/mol. The van der Waals surface area contributed by atoms with Gasteiger partial charge in [-0.05, 0) is 67.2 Å². The van der Waals surface area contributed by atoms with E-state index in [0.29, 0.717) is 25.7 Å². The van der Waals surface area contributed by atoms with Gasteiger partial charge in [-0.2, -0.15) is 0 Å². The van der Waals surface area contributed by atoms with Crippen LogP contribution >= 0.6 is 11.9 Å². The molecule has 140 valence electrons. The fraction of sp³-hybridized carbons (Fsp3) is 0.941. The molecule has 4 nitrogen and oxygen atoms in total. The van der Waals surface area contributed by atoms with Crippen molar-refractivity contribution in [1.29, 1.82) is 0 Å². The van der Waals surface area contributed by atoms with Crippen LogP contribution < -0.4 is 5.32 Å². The van der Waals surface area contributed by atoms with Gasteiger partial charge in [-0.25, -0.2) is 17.9 Å². The molecule has 2 fully saturated rings. The molecule has 1 aliphatic carbocycles. The minimum Gasteiger partial charge on any atom is -0.444 e. The second-order valence-electron chi connectivity index (χ2n) is 8.90. The van der Waals surface area contributed by atoms with Crippen LogP contribution in [0.15, 0.2) is 0 Å². The second-order valence-corrected chi connectivity index (χ2v) is 10.7. The Labute approximate surface area is 148 Å². The summed E-state index contributed by atoms with van der Waals surface area (Å²) in [6.07, 6.45) is 1.42. The van der Waals surface area contributed by atoms with Crippen molar-refractivity contribution >= 4 is 18.0 Å². The summed E-state index contributed by atoms with van der Waals surface area (Å²) in [5.41, 5.74) is -1.61. The number of halogens is 2. The molecule has 1 spiro atoms. The van der Waals surface area contributed by atoms with Crippen LogP contribution in [0.25, 0.3) is 0 Å². The van der Waals surface area contributed by atoms with Crippen molar-refractivity contribution < 1.29 is 18.3 Å². The molecule has 24 heavy (non-hydrogen) atoms. The van der Waals surface area contributed by atoms with Gasteiger partial charge in [0.15, 0.2) is 0 Å². The topological polar surface area (TPSA) is 41.6 Å². The first kappa shape index (κ1) is 19.8. The summed E-state index contributed by atoms with van der Waals surface area (Å²) in [6.45, 7) is 11.3. The summed E-state index contributed by atoms with van der Waals surface area (Å²) in [4.78, 5) is 11.9. The summed E-state index contributed by atoms with van der Waals surface area (Å²) in [6, 6.07) is -0.0941. The van der Waals surface area contributed by atoms with Gasteiger partial charge >= 0.3 is 6.09 Å². The van der Waals surface area contributed by atoms with E-state index in [1.54, 1.807) is 20.8 Å². The van der Waals surface area contributed by atoms with Crippen molar-refractivity contribution in [3.63, 3.8) is 0 Å². The number of hydrogen-bond acceptors (Lipinski definition) is 4. The minimum absolute atomic E-state index is 0.0882. The Kier molecular flexibility index (Phi) is 5.19. The highest BCUT2D eigenvalue weighted by atomic mass is 32.2. The van der Waals surface area contributed by atoms with Gasteiger partial charge in [-0.1, -0.05) is 11.9 Å². The average molecular weight is 365 g/mol. The molecule has 1 amide bonds. The lowest BCUT2D eigenvalue weighted by Gasteiger charge is -2.60. The first-order valence-corrected chi connectivity index (χ1v) is 9.36. The van der Waals surface area contributed by atoms with E-state index < -0.39 is 23.2 Å². The monoisotopic (exact) mass is 364 g/mol. The lowest BCUT2D eigenvalue weighted by molar-refractivity contribution is -0.219. The molecular formula is C17H30F2N2O2S. The van der Waals surface area contributed by atoms with Gasteiger partial charge in [0, 0.05) is 10.8 Å². The third-order valence-electron chi connectivity index (χ3n) is 4.42. The SMILES string of the molecule is CC(C)(C)OC(=O)NC1CCC2(CC1)N(SC(C)(C)C)CC2(F)F. The molecule has 0 radical (unpaired) electrons. The Hall–Kier alpha value is -0.560. The number of alkyl carbamates (subject to hydrolysis) is 1. The van der Waals surface area contributed by atoms with E-state index in [9.17, 15) is 13.6 Å². The molecule has 7 heteroatoms. The predicted octanol–water partition coefficient (Wildman–Crippen LogP) is 4.59. The van der Waals surface area contributed by atoms with Gasteiger partial charge in [0.1, 0.15) is 5.60 Å². The standard InChI is InChI=1S/C17H30F2N2O2S/c1-14(2,3)23-13(22)20-12-7-9-16(10-8-12)17(18,19)11-21(16)24-15(4,5)6/h12H,7-11H2,1-6H3,(H,20,22). The zero-order valence-electron chi connectivity index (χ0n) is 15.5. The van der Waals surface area contributed by atoms with Crippen molar-refractivity contribution in [2.75, 3.05) is 6.54 Å². The maximum atomic E-state index is 14.3. The molecule has 2 aliphatic rings. The Balaban J connectivity index is 1.93. The largest absolute Gasteiger partial charge is 0.444 e. The van der Waals surface area contributed by atoms with Crippen molar-refractivity contribution in [1.82, 2.24) is 9.62 Å². The van der Waals surface area contributed by atoms with E-state index in [0.717, 1.165) is 0 Å². The number of ether oxygens (including phenoxy) is 1. The Morgan fingerprint density at radius 1 is 1.17 bits per heavy atom. The summed E-state index contributed by atoms with van der Waals surface area (Å²) >= 11 is 1.52. The Morgan fingerprint density at radius 3 is 2.12 bits per heavy atom. The highest BCUT2D eigenvalue weighted by Gasteiger charge is 2.68. The zero-order chi connectivity index (χ0) is 18.4.